The zero-order chi connectivity index (χ0) is 27.6. The monoisotopic (exact) mass is 538 g/mol. The van der Waals surface area contributed by atoms with Crippen molar-refractivity contribution >= 4 is 17.0 Å². The lowest BCUT2D eigenvalue weighted by atomic mass is 9.98. The van der Waals surface area contributed by atoms with E-state index in [2.05, 4.69) is 4.98 Å². The van der Waals surface area contributed by atoms with E-state index in [0.717, 1.165) is 35.7 Å². The van der Waals surface area contributed by atoms with Crippen LogP contribution in [-0.4, -0.2) is 28.7 Å². The van der Waals surface area contributed by atoms with Crippen LogP contribution in [0.15, 0.2) is 67.0 Å². The van der Waals surface area contributed by atoms with Crippen molar-refractivity contribution in [3.8, 4) is 17.2 Å². The molecule has 6 nitrogen and oxygen atoms in total. The molecule has 0 spiro atoms. The molecule has 5 rings (SSSR count). The number of rotatable bonds is 7. The number of carbonyl (C=O) groups excluding carboxylic acids is 1. The van der Waals surface area contributed by atoms with Gasteiger partial charge in [0.1, 0.15) is 29.5 Å². The van der Waals surface area contributed by atoms with Crippen LogP contribution >= 0.6 is 0 Å². The first-order valence-corrected chi connectivity index (χ1v) is 12.9. The number of methoxy groups -OCH3 is 1. The maximum Gasteiger partial charge on any atom is 0.416 e. The average molecular weight is 539 g/mol. The summed E-state index contributed by atoms with van der Waals surface area (Å²) in [5, 5.41) is 0. The number of esters is 1. The summed E-state index contributed by atoms with van der Waals surface area (Å²) in [5.41, 5.74) is 1.43. The number of hydrogen-bond donors (Lipinski definition) is 0. The third kappa shape index (κ3) is 5.72. The van der Waals surface area contributed by atoms with Gasteiger partial charge in [-0.1, -0.05) is 24.6 Å². The molecular formula is C30H29F3N2O4. The van der Waals surface area contributed by atoms with Crippen molar-refractivity contribution in [1.29, 1.82) is 0 Å². The smallest absolute Gasteiger partial charge is 0.416 e. The van der Waals surface area contributed by atoms with Crippen LogP contribution in [0.1, 0.15) is 66.6 Å². The number of imidazole rings is 1. The Morgan fingerprint density at radius 1 is 1.03 bits per heavy atom. The summed E-state index contributed by atoms with van der Waals surface area (Å²) in [6.07, 6.45) is 2.01. The molecular weight excluding hydrogens is 509 g/mol. The number of halogens is 3. The second-order valence-corrected chi connectivity index (χ2v) is 9.66. The molecule has 1 saturated carbocycles. The van der Waals surface area contributed by atoms with Crippen molar-refractivity contribution in [3.63, 3.8) is 0 Å². The summed E-state index contributed by atoms with van der Waals surface area (Å²) in [5.74, 6) is 0.206. The van der Waals surface area contributed by atoms with Gasteiger partial charge in [-0.15, -0.1) is 0 Å². The predicted molar refractivity (Wildman–Crippen MR) is 140 cm³/mol. The summed E-state index contributed by atoms with van der Waals surface area (Å²) >= 11 is 0. The van der Waals surface area contributed by atoms with Crippen molar-refractivity contribution in [3.05, 3.63) is 83.7 Å². The second kappa shape index (κ2) is 11.0. The molecule has 9 heteroatoms. The zero-order valence-corrected chi connectivity index (χ0v) is 21.7. The molecule has 1 atom stereocenters. The van der Waals surface area contributed by atoms with Gasteiger partial charge in [-0.25, -0.2) is 9.78 Å². The first-order valence-electron chi connectivity index (χ1n) is 12.9. The highest BCUT2D eigenvalue weighted by molar-refractivity contribution is 5.93. The first-order chi connectivity index (χ1) is 18.7. The van der Waals surface area contributed by atoms with Crippen LogP contribution < -0.4 is 9.47 Å². The number of benzene rings is 3. The molecule has 1 aromatic heterocycles. The number of carbonyl (C=O) groups is 1. The quantitative estimate of drug-likeness (QED) is 0.226. The highest BCUT2D eigenvalue weighted by atomic mass is 19.4. The van der Waals surface area contributed by atoms with E-state index < -0.39 is 23.8 Å². The minimum Gasteiger partial charge on any atom is -0.490 e. The Balaban J connectivity index is 1.47. The fraction of sp³-hybridized carbons (Fsp3) is 0.333. The summed E-state index contributed by atoms with van der Waals surface area (Å²) in [6, 6.07) is 15.8. The van der Waals surface area contributed by atoms with Gasteiger partial charge in [-0.05, 0) is 62.9 Å². The van der Waals surface area contributed by atoms with E-state index in [1.165, 1.54) is 57.6 Å². The molecule has 1 aliphatic rings. The summed E-state index contributed by atoms with van der Waals surface area (Å²) in [4.78, 5) is 17.0. The second-order valence-electron chi connectivity index (χ2n) is 9.66. The van der Waals surface area contributed by atoms with Gasteiger partial charge in [-0.2, -0.15) is 13.2 Å². The molecule has 204 valence electrons. The van der Waals surface area contributed by atoms with Crippen molar-refractivity contribution in [2.75, 3.05) is 7.11 Å². The van der Waals surface area contributed by atoms with E-state index in [0.29, 0.717) is 5.69 Å². The lowest BCUT2D eigenvalue weighted by molar-refractivity contribution is -0.139. The van der Waals surface area contributed by atoms with Gasteiger partial charge in [0.15, 0.2) is 0 Å². The molecule has 0 bridgehead atoms. The Kier molecular flexibility index (Phi) is 7.50. The number of hydrogen-bond acceptors (Lipinski definition) is 5. The highest BCUT2D eigenvalue weighted by Crippen LogP contribution is 2.37. The Labute approximate surface area is 224 Å². The SMILES string of the molecule is COC(=O)c1ccc(-n2cnc3cc(OC4CCCCC4)ccc32)cc1OC(C)c1ccccc1C(F)(F)F. The average Bonchev–Trinajstić information content (AvgIpc) is 3.36. The molecule has 4 aromatic rings. The summed E-state index contributed by atoms with van der Waals surface area (Å²) in [6.45, 7) is 1.51. The van der Waals surface area contributed by atoms with E-state index in [-0.39, 0.29) is 23.0 Å². The van der Waals surface area contributed by atoms with Crippen LogP contribution in [0.2, 0.25) is 0 Å². The molecule has 0 amide bonds. The fourth-order valence-corrected chi connectivity index (χ4v) is 5.05. The third-order valence-electron chi connectivity index (χ3n) is 7.03. The van der Waals surface area contributed by atoms with E-state index in [9.17, 15) is 18.0 Å². The Morgan fingerprint density at radius 3 is 2.54 bits per heavy atom. The minimum absolute atomic E-state index is 0.0372. The largest absolute Gasteiger partial charge is 0.490 e. The van der Waals surface area contributed by atoms with Crippen LogP contribution in [-0.2, 0) is 10.9 Å². The Hall–Kier alpha value is -4.01. The zero-order valence-electron chi connectivity index (χ0n) is 21.7. The van der Waals surface area contributed by atoms with Crippen molar-refractivity contribution in [2.45, 2.75) is 57.4 Å². The van der Waals surface area contributed by atoms with Gasteiger partial charge in [0.05, 0.1) is 35.5 Å². The minimum atomic E-state index is -4.55. The summed E-state index contributed by atoms with van der Waals surface area (Å²) < 4.78 is 59.7. The normalized spacial score (nSPS) is 15.2. The Morgan fingerprint density at radius 2 is 1.79 bits per heavy atom. The van der Waals surface area contributed by atoms with Crippen molar-refractivity contribution in [2.24, 2.45) is 0 Å². The van der Waals surface area contributed by atoms with Crippen LogP contribution in [0.5, 0.6) is 11.5 Å². The highest BCUT2D eigenvalue weighted by Gasteiger charge is 2.35. The van der Waals surface area contributed by atoms with E-state index in [4.69, 9.17) is 14.2 Å². The van der Waals surface area contributed by atoms with Gasteiger partial charge in [-0.3, -0.25) is 4.57 Å². The molecule has 3 aromatic carbocycles. The van der Waals surface area contributed by atoms with E-state index in [1.807, 2.05) is 22.8 Å². The van der Waals surface area contributed by atoms with Crippen LogP contribution in [0.4, 0.5) is 13.2 Å². The molecule has 1 fully saturated rings. The van der Waals surface area contributed by atoms with Crippen molar-refractivity contribution < 1.29 is 32.2 Å². The molecule has 0 radical (unpaired) electrons. The number of aromatic nitrogens is 2. The molecule has 0 aliphatic heterocycles. The van der Waals surface area contributed by atoms with Crippen molar-refractivity contribution in [1.82, 2.24) is 9.55 Å². The molecule has 0 N–H and O–H groups in total. The summed E-state index contributed by atoms with van der Waals surface area (Å²) in [7, 11) is 1.23. The number of nitrogens with zero attached hydrogens (tertiary/aromatic N) is 2. The lowest BCUT2D eigenvalue weighted by Gasteiger charge is -2.23. The predicted octanol–water partition coefficient (Wildman–Crippen LogP) is 7.68. The molecule has 1 heterocycles. The molecule has 39 heavy (non-hydrogen) atoms. The van der Waals surface area contributed by atoms with Crippen LogP contribution in [0, 0.1) is 0 Å². The van der Waals surface area contributed by atoms with E-state index >= 15 is 0 Å². The number of alkyl halides is 3. The van der Waals surface area contributed by atoms with E-state index in [1.54, 1.807) is 18.5 Å². The van der Waals surface area contributed by atoms with Crippen LogP contribution in [0.3, 0.4) is 0 Å². The molecule has 1 unspecified atom stereocenters. The fourth-order valence-electron chi connectivity index (χ4n) is 5.05. The number of fused-ring (bicyclic) bond motifs is 1. The first kappa shape index (κ1) is 26.6. The van der Waals surface area contributed by atoms with Gasteiger partial charge in [0.2, 0.25) is 0 Å². The van der Waals surface area contributed by atoms with Gasteiger partial charge in [0, 0.05) is 17.7 Å². The maximum absolute atomic E-state index is 13.6. The van der Waals surface area contributed by atoms with Gasteiger partial charge in [0.25, 0.3) is 0 Å². The standard InChI is InChI=1S/C30H29F3N2O4/c1-19(23-10-6-7-11-25(23)30(31,32)33)38-28-16-20(12-14-24(28)29(36)37-2)35-18-34-26-17-22(13-15-27(26)35)39-21-8-4-3-5-9-21/h6-7,10-19,21H,3-5,8-9H2,1-2H3. The van der Waals surface area contributed by atoms with Gasteiger partial charge < -0.3 is 14.2 Å². The Bertz CT molecular complexity index is 1470. The van der Waals surface area contributed by atoms with Crippen LogP contribution in [0.25, 0.3) is 16.7 Å². The number of ether oxygens (including phenoxy) is 3. The van der Waals surface area contributed by atoms with Gasteiger partial charge >= 0.3 is 12.1 Å². The lowest BCUT2D eigenvalue weighted by Crippen LogP contribution is -2.19. The molecule has 0 saturated heterocycles. The topological polar surface area (TPSA) is 62.6 Å². The third-order valence-corrected chi connectivity index (χ3v) is 7.03. The molecule has 1 aliphatic carbocycles. The maximum atomic E-state index is 13.6.